The minimum atomic E-state index is 0.641. The molecule has 0 unspecified atom stereocenters. The smallest absolute Gasteiger partial charge is 0.0998 e. The van der Waals surface area contributed by atoms with Gasteiger partial charge in [0.1, 0.15) is 0 Å². The van der Waals surface area contributed by atoms with Gasteiger partial charge in [0.15, 0.2) is 0 Å². The normalized spacial score (nSPS) is 11.1. The van der Waals surface area contributed by atoms with Crippen LogP contribution in [0.15, 0.2) is 128 Å². The fraction of sp³-hybridized carbons (Fsp3) is 0.0526. The molecule has 0 N–H and O–H groups in total. The van der Waals surface area contributed by atoms with E-state index < -0.39 is 0 Å². The topological polar surface area (TPSA) is 41.6 Å². The second-order valence-corrected chi connectivity index (χ2v) is 10.5. The highest BCUT2D eigenvalue weighted by Gasteiger charge is 2.17. The van der Waals surface area contributed by atoms with Gasteiger partial charge < -0.3 is 4.57 Å². The zero-order valence-corrected chi connectivity index (χ0v) is 23.0. The largest absolute Gasteiger partial charge is 0.309 e. The summed E-state index contributed by atoms with van der Waals surface area (Å²) in [6.45, 7) is 4.32. The molecule has 7 aromatic rings. The molecule has 0 amide bonds. The quantitative estimate of drug-likeness (QED) is 0.229. The fourth-order valence-corrected chi connectivity index (χ4v) is 5.96. The van der Waals surface area contributed by atoms with Crippen molar-refractivity contribution in [3.8, 4) is 45.1 Å². The zero-order valence-electron chi connectivity index (χ0n) is 23.0. The van der Waals surface area contributed by atoms with Crippen molar-refractivity contribution < 1.29 is 0 Å². The molecule has 2 aromatic heterocycles. The molecule has 5 aromatic carbocycles. The van der Waals surface area contributed by atoms with Crippen molar-refractivity contribution in [2.45, 2.75) is 13.8 Å². The molecular formula is C38H27N3. The number of nitrogens with zero attached hydrogens (tertiary/aromatic N) is 3. The van der Waals surface area contributed by atoms with E-state index in [-0.39, 0.29) is 0 Å². The molecule has 0 spiro atoms. The average Bonchev–Trinajstić information content (AvgIpc) is 3.34. The van der Waals surface area contributed by atoms with Crippen LogP contribution in [0.5, 0.6) is 0 Å². The molecule has 0 radical (unpaired) electrons. The number of aryl methyl sites for hydroxylation is 2. The molecule has 2 heterocycles. The van der Waals surface area contributed by atoms with Crippen molar-refractivity contribution in [2.75, 3.05) is 0 Å². The van der Waals surface area contributed by atoms with Crippen LogP contribution in [0.25, 0.3) is 60.9 Å². The van der Waals surface area contributed by atoms with Gasteiger partial charge in [-0.05, 0) is 95.3 Å². The maximum atomic E-state index is 9.95. The van der Waals surface area contributed by atoms with Crippen LogP contribution in [0.1, 0.15) is 16.7 Å². The van der Waals surface area contributed by atoms with Crippen LogP contribution in [-0.2, 0) is 0 Å². The Morgan fingerprint density at radius 3 is 1.66 bits per heavy atom. The SMILES string of the molecule is Cc1ccccc1-c1ccc2c3ccc(-c4ccccc4C)cc3n(-c3ccc(C#N)c(-c4ccncc4)c3)c2c1. The molecule has 0 fully saturated rings. The minimum Gasteiger partial charge on any atom is -0.309 e. The lowest BCUT2D eigenvalue weighted by Crippen LogP contribution is -1.97. The third kappa shape index (κ3) is 4.18. The van der Waals surface area contributed by atoms with Gasteiger partial charge >= 0.3 is 0 Å². The van der Waals surface area contributed by atoms with E-state index in [4.69, 9.17) is 0 Å². The first-order valence-corrected chi connectivity index (χ1v) is 13.8. The van der Waals surface area contributed by atoms with Gasteiger partial charge in [0.25, 0.3) is 0 Å². The van der Waals surface area contributed by atoms with Gasteiger partial charge in [-0.1, -0.05) is 72.8 Å². The van der Waals surface area contributed by atoms with E-state index in [1.165, 1.54) is 44.2 Å². The molecule has 0 bridgehead atoms. The van der Waals surface area contributed by atoms with E-state index in [0.29, 0.717) is 5.56 Å². The standard InChI is InChI=1S/C38H27N3/c1-25-7-3-5-9-32(25)28-12-15-34-35-16-13-29(33-10-6-4-8-26(33)2)22-38(35)41(37(34)21-28)31-14-11-30(24-39)36(23-31)27-17-19-40-20-18-27/h3-23H,1-2H3. The molecule has 0 aliphatic rings. The van der Waals surface area contributed by atoms with Crippen molar-refractivity contribution in [3.05, 3.63) is 144 Å². The summed E-state index contributed by atoms with van der Waals surface area (Å²) in [5, 5.41) is 12.3. The number of aromatic nitrogens is 2. The maximum absolute atomic E-state index is 9.95. The summed E-state index contributed by atoms with van der Waals surface area (Å²) in [5.74, 6) is 0. The van der Waals surface area contributed by atoms with Crippen molar-refractivity contribution in [3.63, 3.8) is 0 Å². The van der Waals surface area contributed by atoms with Crippen LogP contribution < -0.4 is 0 Å². The molecule has 0 atom stereocenters. The Hall–Kier alpha value is -5.46. The molecule has 3 heteroatoms. The predicted molar refractivity (Wildman–Crippen MR) is 169 cm³/mol. The second-order valence-electron chi connectivity index (χ2n) is 10.5. The molecule has 3 nitrogen and oxygen atoms in total. The zero-order chi connectivity index (χ0) is 27.9. The average molecular weight is 526 g/mol. The summed E-state index contributed by atoms with van der Waals surface area (Å²) >= 11 is 0. The molecular weight excluding hydrogens is 498 g/mol. The minimum absolute atomic E-state index is 0.641. The van der Waals surface area contributed by atoms with Crippen molar-refractivity contribution in [2.24, 2.45) is 0 Å². The Bertz CT molecular complexity index is 2030. The van der Waals surface area contributed by atoms with Gasteiger partial charge in [0.2, 0.25) is 0 Å². The van der Waals surface area contributed by atoms with Gasteiger partial charge in [-0.25, -0.2) is 0 Å². The highest BCUT2D eigenvalue weighted by Crippen LogP contribution is 2.39. The first kappa shape index (κ1) is 24.6. The predicted octanol–water partition coefficient (Wildman–Crippen LogP) is 9.67. The van der Waals surface area contributed by atoms with E-state index in [1.54, 1.807) is 12.4 Å². The number of benzene rings is 5. The first-order chi connectivity index (χ1) is 20.1. The Morgan fingerprint density at radius 1 is 0.561 bits per heavy atom. The lowest BCUT2D eigenvalue weighted by atomic mass is 9.98. The number of fused-ring (bicyclic) bond motifs is 3. The Morgan fingerprint density at radius 2 is 1.12 bits per heavy atom. The number of nitriles is 1. The van der Waals surface area contributed by atoms with Gasteiger partial charge in [-0.2, -0.15) is 5.26 Å². The summed E-state index contributed by atoms with van der Waals surface area (Å²) in [4.78, 5) is 4.18. The lowest BCUT2D eigenvalue weighted by Gasteiger charge is -2.13. The number of hydrogen-bond acceptors (Lipinski definition) is 2. The van der Waals surface area contributed by atoms with Gasteiger partial charge in [0.05, 0.1) is 22.7 Å². The van der Waals surface area contributed by atoms with Gasteiger partial charge in [0, 0.05) is 34.4 Å². The molecule has 7 rings (SSSR count). The number of rotatable bonds is 4. The number of pyridine rings is 1. The van der Waals surface area contributed by atoms with Gasteiger partial charge in [-0.15, -0.1) is 0 Å². The highest BCUT2D eigenvalue weighted by atomic mass is 15.0. The third-order valence-corrected chi connectivity index (χ3v) is 8.05. The van der Waals surface area contributed by atoms with Crippen LogP contribution in [0.3, 0.4) is 0 Å². The van der Waals surface area contributed by atoms with E-state index in [2.05, 4.69) is 127 Å². The first-order valence-electron chi connectivity index (χ1n) is 13.8. The van der Waals surface area contributed by atoms with Crippen molar-refractivity contribution in [1.82, 2.24) is 9.55 Å². The molecule has 0 aliphatic heterocycles. The van der Waals surface area contributed by atoms with E-state index in [1.807, 2.05) is 18.2 Å². The third-order valence-electron chi connectivity index (χ3n) is 8.05. The summed E-state index contributed by atoms with van der Waals surface area (Å²) in [6, 6.07) is 43.0. The van der Waals surface area contributed by atoms with Crippen LogP contribution in [0.4, 0.5) is 0 Å². The van der Waals surface area contributed by atoms with Crippen LogP contribution in [-0.4, -0.2) is 9.55 Å². The summed E-state index contributed by atoms with van der Waals surface area (Å²) in [6.07, 6.45) is 3.54. The van der Waals surface area contributed by atoms with E-state index in [9.17, 15) is 5.26 Å². The van der Waals surface area contributed by atoms with Crippen molar-refractivity contribution >= 4 is 21.8 Å². The van der Waals surface area contributed by atoms with Crippen molar-refractivity contribution in [1.29, 1.82) is 5.26 Å². The van der Waals surface area contributed by atoms with Crippen LogP contribution >= 0.6 is 0 Å². The second kappa shape index (κ2) is 9.93. The summed E-state index contributed by atoms with van der Waals surface area (Å²) in [5.41, 5.74) is 13.1. The van der Waals surface area contributed by atoms with Gasteiger partial charge in [-0.3, -0.25) is 4.98 Å². The number of hydrogen-bond donors (Lipinski definition) is 0. The summed E-state index contributed by atoms with van der Waals surface area (Å²) in [7, 11) is 0. The monoisotopic (exact) mass is 525 g/mol. The molecule has 0 saturated carbocycles. The Labute approximate surface area is 239 Å². The molecule has 0 saturated heterocycles. The Kier molecular flexibility index (Phi) is 5.95. The van der Waals surface area contributed by atoms with E-state index in [0.717, 1.165) is 27.8 Å². The summed E-state index contributed by atoms with van der Waals surface area (Å²) < 4.78 is 2.35. The van der Waals surface area contributed by atoms with E-state index >= 15 is 0 Å². The Balaban J connectivity index is 1.55. The molecule has 41 heavy (non-hydrogen) atoms. The molecule has 194 valence electrons. The molecule has 0 aliphatic carbocycles. The fourth-order valence-electron chi connectivity index (χ4n) is 5.96. The van der Waals surface area contributed by atoms with Crippen LogP contribution in [0.2, 0.25) is 0 Å². The maximum Gasteiger partial charge on any atom is 0.0998 e. The lowest BCUT2D eigenvalue weighted by molar-refractivity contribution is 1.18. The highest BCUT2D eigenvalue weighted by molar-refractivity contribution is 6.11. The van der Waals surface area contributed by atoms with Crippen LogP contribution in [0, 0.1) is 25.2 Å².